The van der Waals surface area contributed by atoms with Crippen LogP contribution in [-0.2, 0) is 0 Å². The SMILES string of the molecule is CCCNC(CC)c1ccccc1N(CC1CC1)C1CC1. The maximum Gasteiger partial charge on any atom is 0.0417 e. The van der Waals surface area contributed by atoms with Crippen molar-refractivity contribution >= 4 is 5.69 Å². The average Bonchev–Trinajstić information content (AvgIpc) is 3.39. The van der Waals surface area contributed by atoms with Gasteiger partial charge in [0.15, 0.2) is 0 Å². The van der Waals surface area contributed by atoms with Crippen molar-refractivity contribution < 1.29 is 0 Å². The topological polar surface area (TPSA) is 15.3 Å². The van der Waals surface area contributed by atoms with Gasteiger partial charge in [0.25, 0.3) is 0 Å². The maximum atomic E-state index is 3.73. The van der Waals surface area contributed by atoms with Crippen LogP contribution < -0.4 is 10.2 Å². The van der Waals surface area contributed by atoms with Gasteiger partial charge < -0.3 is 10.2 Å². The van der Waals surface area contributed by atoms with Crippen molar-refractivity contribution in [2.75, 3.05) is 18.0 Å². The van der Waals surface area contributed by atoms with Crippen molar-refractivity contribution in [3.05, 3.63) is 29.8 Å². The Labute approximate surface area is 129 Å². The normalized spacial score (nSPS) is 19.5. The van der Waals surface area contributed by atoms with Gasteiger partial charge in [0.05, 0.1) is 0 Å². The molecule has 1 N–H and O–H groups in total. The monoisotopic (exact) mass is 286 g/mol. The Morgan fingerprint density at radius 2 is 1.90 bits per heavy atom. The summed E-state index contributed by atoms with van der Waals surface area (Å²) in [6, 6.07) is 10.4. The van der Waals surface area contributed by atoms with Gasteiger partial charge in [0.2, 0.25) is 0 Å². The number of hydrogen-bond acceptors (Lipinski definition) is 2. The van der Waals surface area contributed by atoms with E-state index in [1.165, 1.54) is 56.3 Å². The first kappa shape index (κ1) is 14.9. The van der Waals surface area contributed by atoms with E-state index < -0.39 is 0 Å². The predicted octanol–water partition coefficient (Wildman–Crippen LogP) is 4.52. The molecule has 0 saturated heterocycles. The van der Waals surface area contributed by atoms with Crippen molar-refractivity contribution in [1.82, 2.24) is 5.32 Å². The molecule has 21 heavy (non-hydrogen) atoms. The molecule has 0 aromatic heterocycles. The minimum absolute atomic E-state index is 0.501. The van der Waals surface area contributed by atoms with E-state index in [0.717, 1.165) is 18.5 Å². The van der Waals surface area contributed by atoms with Crippen molar-refractivity contribution in [3.63, 3.8) is 0 Å². The molecule has 2 aliphatic rings. The van der Waals surface area contributed by atoms with Gasteiger partial charge in [0.1, 0.15) is 0 Å². The van der Waals surface area contributed by atoms with Crippen molar-refractivity contribution in [1.29, 1.82) is 0 Å². The number of anilines is 1. The van der Waals surface area contributed by atoms with E-state index in [0.29, 0.717) is 6.04 Å². The Kier molecular flexibility index (Phi) is 4.84. The Morgan fingerprint density at radius 3 is 2.52 bits per heavy atom. The first-order chi connectivity index (χ1) is 10.3. The van der Waals surface area contributed by atoms with Crippen LogP contribution in [0.1, 0.15) is 64.0 Å². The van der Waals surface area contributed by atoms with Gasteiger partial charge in [0, 0.05) is 24.3 Å². The Balaban J connectivity index is 1.82. The Hall–Kier alpha value is -1.02. The molecule has 1 atom stereocenters. The second kappa shape index (κ2) is 6.83. The zero-order valence-corrected chi connectivity index (χ0v) is 13.6. The second-order valence-electron chi connectivity index (χ2n) is 6.80. The second-order valence-corrected chi connectivity index (χ2v) is 6.80. The van der Waals surface area contributed by atoms with Gasteiger partial charge >= 0.3 is 0 Å². The molecule has 2 aliphatic carbocycles. The van der Waals surface area contributed by atoms with E-state index in [-0.39, 0.29) is 0 Å². The molecule has 0 spiro atoms. The largest absolute Gasteiger partial charge is 0.368 e. The minimum Gasteiger partial charge on any atom is -0.368 e. The summed E-state index contributed by atoms with van der Waals surface area (Å²) in [5.41, 5.74) is 3.02. The molecule has 2 nitrogen and oxygen atoms in total. The number of hydrogen-bond donors (Lipinski definition) is 1. The number of benzene rings is 1. The van der Waals surface area contributed by atoms with Crippen LogP contribution >= 0.6 is 0 Å². The summed E-state index contributed by atoms with van der Waals surface area (Å²) in [5, 5.41) is 3.73. The first-order valence-corrected chi connectivity index (χ1v) is 8.92. The number of nitrogens with zero attached hydrogens (tertiary/aromatic N) is 1. The summed E-state index contributed by atoms with van der Waals surface area (Å²) in [7, 11) is 0. The van der Waals surface area contributed by atoms with Gasteiger partial charge in [-0.05, 0) is 62.6 Å². The summed E-state index contributed by atoms with van der Waals surface area (Å²) in [6.07, 6.45) is 8.03. The summed E-state index contributed by atoms with van der Waals surface area (Å²) in [5.74, 6) is 0.960. The van der Waals surface area contributed by atoms with Crippen LogP contribution in [0, 0.1) is 5.92 Å². The van der Waals surface area contributed by atoms with Gasteiger partial charge in [-0.15, -0.1) is 0 Å². The Bertz CT molecular complexity index is 449. The van der Waals surface area contributed by atoms with Crippen LogP contribution in [-0.4, -0.2) is 19.1 Å². The molecular formula is C19H30N2. The molecule has 3 rings (SSSR count). The zero-order valence-electron chi connectivity index (χ0n) is 13.6. The van der Waals surface area contributed by atoms with Crippen molar-refractivity contribution in [2.24, 2.45) is 5.92 Å². The highest BCUT2D eigenvalue weighted by atomic mass is 15.2. The molecule has 2 saturated carbocycles. The maximum absolute atomic E-state index is 3.73. The van der Waals surface area contributed by atoms with E-state index in [4.69, 9.17) is 0 Å². The third kappa shape index (κ3) is 3.79. The molecule has 0 amide bonds. The van der Waals surface area contributed by atoms with Crippen LogP contribution in [0.15, 0.2) is 24.3 Å². The third-order valence-corrected chi connectivity index (χ3v) is 4.81. The predicted molar refractivity (Wildman–Crippen MR) is 90.9 cm³/mol. The molecule has 2 heteroatoms. The van der Waals surface area contributed by atoms with Gasteiger partial charge in [-0.25, -0.2) is 0 Å². The van der Waals surface area contributed by atoms with Crippen molar-refractivity contribution in [2.45, 2.75) is 64.5 Å². The minimum atomic E-state index is 0.501. The van der Waals surface area contributed by atoms with Crippen LogP contribution in [0.3, 0.4) is 0 Å². The molecule has 0 aliphatic heterocycles. The van der Waals surface area contributed by atoms with Crippen molar-refractivity contribution in [3.8, 4) is 0 Å². The average molecular weight is 286 g/mol. The molecule has 116 valence electrons. The summed E-state index contributed by atoms with van der Waals surface area (Å²) < 4.78 is 0. The van der Waals surface area contributed by atoms with E-state index in [9.17, 15) is 0 Å². The highest BCUT2D eigenvalue weighted by Crippen LogP contribution is 2.40. The number of para-hydroxylation sites is 1. The van der Waals surface area contributed by atoms with Gasteiger partial charge in [-0.1, -0.05) is 32.0 Å². The molecule has 0 radical (unpaired) electrons. The smallest absolute Gasteiger partial charge is 0.0417 e. The van der Waals surface area contributed by atoms with Crippen LogP contribution in [0.25, 0.3) is 0 Å². The number of nitrogens with one attached hydrogen (secondary N) is 1. The lowest BCUT2D eigenvalue weighted by Gasteiger charge is -2.30. The van der Waals surface area contributed by atoms with E-state index in [1.54, 1.807) is 0 Å². The third-order valence-electron chi connectivity index (χ3n) is 4.81. The fourth-order valence-electron chi connectivity index (χ4n) is 3.25. The highest BCUT2D eigenvalue weighted by Gasteiger charge is 2.35. The molecule has 1 unspecified atom stereocenters. The summed E-state index contributed by atoms with van der Waals surface area (Å²) in [4.78, 5) is 2.73. The van der Waals surface area contributed by atoms with Crippen LogP contribution in [0.2, 0.25) is 0 Å². The molecular weight excluding hydrogens is 256 g/mol. The molecule has 0 heterocycles. The quantitative estimate of drug-likeness (QED) is 0.718. The summed E-state index contributed by atoms with van der Waals surface area (Å²) in [6.45, 7) is 6.94. The van der Waals surface area contributed by atoms with E-state index >= 15 is 0 Å². The lowest BCUT2D eigenvalue weighted by atomic mass is 10.0. The first-order valence-electron chi connectivity index (χ1n) is 8.92. The van der Waals surface area contributed by atoms with E-state index in [1.807, 2.05) is 0 Å². The van der Waals surface area contributed by atoms with E-state index in [2.05, 4.69) is 48.3 Å². The molecule has 2 fully saturated rings. The zero-order chi connectivity index (χ0) is 14.7. The van der Waals surface area contributed by atoms with Gasteiger partial charge in [-0.2, -0.15) is 0 Å². The van der Waals surface area contributed by atoms with Gasteiger partial charge in [-0.3, -0.25) is 0 Å². The fourth-order valence-corrected chi connectivity index (χ4v) is 3.25. The fraction of sp³-hybridized carbons (Fsp3) is 0.684. The lowest BCUT2D eigenvalue weighted by Crippen LogP contribution is -2.31. The molecule has 0 bridgehead atoms. The number of rotatable bonds is 9. The summed E-state index contributed by atoms with van der Waals surface area (Å²) >= 11 is 0. The molecule has 1 aromatic carbocycles. The van der Waals surface area contributed by atoms with Crippen LogP contribution in [0.4, 0.5) is 5.69 Å². The van der Waals surface area contributed by atoms with Crippen LogP contribution in [0.5, 0.6) is 0 Å². The molecule has 1 aromatic rings. The lowest BCUT2D eigenvalue weighted by molar-refractivity contribution is 0.516. The highest BCUT2D eigenvalue weighted by molar-refractivity contribution is 5.57. The standard InChI is InChI=1S/C19H30N2/c1-3-13-20-18(4-2)17-7-5-6-8-19(17)21(16-11-12-16)14-15-9-10-15/h5-8,15-16,18,20H,3-4,9-14H2,1-2H3. The Morgan fingerprint density at radius 1 is 1.14 bits per heavy atom.